The van der Waals surface area contributed by atoms with Crippen LogP contribution in [0.3, 0.4) is 0 Å². The number of rotatable bonds is 9. The van der Waals surface area contributed by atoms with Crippen LogP contribution in [-0.4, -0.2) is 33.4 Å². The number of hydrogen-bond acceptors (Lipinski definition) is 3. The Labute approximate surface area is 200 Å². The van der Waals surface area contributed by atoms with E-state index in [1.807, 2.05) is 18.2 Å². The van der Waals surface area contributed by atoms with Gasteiger partial charge >= 0.3 is 0 Å². The monoisotopic (exact) mass is 460 g/mol. The number of hydrogen-bond donors (Lipinski definition) is 0. The number of ether oxygens (including phenoxy) is 1. The average Bonchev–Trinajstić information content (AvgIpc) is 2.80. The molecule has 0 aromatic heterocycles. The molecule has 3 nitrogen and oxygen atoms in total. The van der Waals surface area contributed by atoms with Crippen molar-refractivity contribution in [2.75, 3.05) is 6.61 Å². The van der Waals surface area contributed by atoms with Crippen LogP contribution in [0.15, 0.2) is 97.1 Å². The fraction of sp³-hybridized carbons (Fsp3) is 0.345. The highest BCUT2D eigenvalue weighted by molar-refractivity contribution is 6.99. The summed E-state index contributed by atoms with van der Waals surface area (Å²) in [6, 6.07) is 21.2. The minimum Gasteiger partial charge on any atom is -0.404 e. The first-order valence-electron chi connectivity index (χ1n) is 11.6. The number of benzene rings is 2. The Hall–Kier alpha value is -2.53. The molecule has 2 aromatic carbocycles. The van der Waals surface area contributed by atoms with Gasteiger partial charge in [-0.2, -0.15) is 0 Å². The van der Waals surface area contributed by atoms with Crippen LogP contribution >= 0.6 is 0 Å². The summed E-state index contributed by atoms with van der Waals surface area (Å²) in [6.45, 7) is 13.1. The van der Waals surface area contributed by atoms with Gasteiger partial charge in [-0.3, -0.25) is 0 Å². The third kappa shape index (κ3) is 5.52. The summed E-state index contributed by atoms with van der Waals surface area (Å²) in [4.78, 5) is 11.4. The van der Waals surface area contributed by atoms with E-state index >= 15 is 0 Å². The second-order valence-corrected chi connectivity index (χ2v) is 14.0. The van der Waals surface area contributed by atoms with Crippen LogP contribution in [0.4, 0.5) is 0 Å². The number of carbonyl (C=O) groups excluding carboxylic acids is 1. The first-order chi connectivity index (χ1) is 15.8. The van der Waals surface area contributed by atoms with Gasteiger partial charge in [0.1, 0.15) is 6.29 Å². The highest BCUT2D eigenvalue weighted by Crippen LogP contribution is 2.37. The highest BCUT2D eigenvalue weighted by Gasteiger charge is 2.50. The lowest BCUT2D eigenvalue weighted by Gasteiger charge is -2.44. The Balaban J connectivity index is 1.95. The summed E-state index contributed by atoms with van der Waals surface area (Å²) in [7, 11) is -2.63. The molecule has 0 N–H and O–H groups in total. The second kappa shape index (κ2) is 11.1. The maximum Gasteiger partial charge on any atom is 0.261 e. The second-order valence-electron chi connectivity index (χ2n) is 9.65. The minimum absolute atomic E-state index is 0.0670. The van der Waals surface area contributed by atoms with Crippen molar-refractivity contribution in [1.82, 2.24) is 0 Å². The molecule has 2 aromatic rings. The molecule has 0 fully saturated rings. The summed E-state index contributed by atoms with van der Waals surface area (Å²) in [5.41, 5.74) is 1.14. The van der Waals surface area contributed by atoms with Gasteiger partial charge in [-0.25, -0.2) is 0 Å². The van der Waals surface area contributed by atoms with E-state index < -0.39 is 8.32 Å². The van der Waals surface area contributed by atoms with Crippen LogP contribution in [0.5, 0.6) is 0 Å². The molecule has 4 heteroatoms. The van der Waals surface area contributed by atoms with Gasteiger partial charge < -0.3 is 14.0 Å². The molecule has 0 saturated carbocycles. The minimum atomic E-state index is -2.63. The molecule has 174 valence electrons. The van der Waals surface area contributed by atoms with Gasteiger partial charge in [0.25, 0.3) is 8.32 Å². The van der Waals surface area contributed by atoms with Crippen molar-refractivity contribution in [3.05, 3.63) is 97.1 Å². The SMILES string of the molecule is C=C/C=C(\C)[C@H]1C=C[C@@H](CO[Si](c2ccccc2)(c2ccccc2)C(C)(C)C)O[C@@H]1CC=O. The molecular weight excluding hydrogens is 424 g/mol. The Kier molecular flexibility index (Phi) is 8.41. The molecule has 3 atom stereocenters. The largest absolute Gasteiger partial charge is 0.404 e. The molecule has 33 heavy (non-hydrogen) atoms. The fourth-order valence-corrected chi connectivity index (χ4v) is 9.39. The van der Waals surface area contributed by atoms with Gasteiger partial charge in [0.05, 0.1) is 18.8 Å². The van der Waals surface area contributed by atoms with Gasteiger partial charge in [0, 0.05) is 12.3 Å². The zero-order chi connectivity index (χ0) is 23.9. The Morgan fingerprint density at radius 1 is 1.03 bits per heavy atom. The standard InChI is InChI=1S/C29H36O3Si/c1-6-13-23(2)27-19-18-24(32-28(27)20-21-30)22-31-33(29(3,4)5,25-14-9-7-10-15-25)26-16-11-8-12-17-26/h6-19,21,24,27-28H,1,20,22H2,2-5H3/b23-13+/t24-,27+,28+/m0/s1. The van der Waals surface area contributed by atoms with Crippen LogP contribution in [0.25, 0.3) is 0 Å². The van der Waals surface area contributed by atoms with E-state index in [0.29, 0.717) is 13.0 Å². The molecule has 0 radical (unpaired) electrons. The molecule has 0 saturated heterocycles. The van der Waals surface area contributed by atoms with Crippen molar-refractivity contribution in [1.29, 1.82) is 0 Å². The number of aldehydes is 1. The molecule has 0 spiro atoms. The van der Waals surface area contributed by atoms with Crippen molar-refractivity contribution in [2.45, 2.75) is 51.4 Å². The lowest BCUT2D eigenvalue weighted by Crippen LogP contribution is -2.67. The lowest BCUT2D eigenvalue weighted by atomic mass is 9.89. The molecule has 3 rings (SSSR count). The van der Waals surface area contributed by atoms with E-state index in [9.17, 15) is 4.79 Å². The Bertz CT molecular complexity index is 933. The van der Waals surface area contributed by atoms with E-state index in [2.05, 4.69) is 95.0 Å². The van der Waals surface area contributed by atoms with Crippen LogP contribution in [0.1, 0.15) is 34.1 Å². The topological polar surface area (TPSA) is 35.5 Å². The Morgan fingerprint density at radius 3 is 2.09 bits per heavy atom. The highest BCUT2D eigenvalue weighted by atomic mass is 28.4. The van der Waals surface area contributed by atoms with E-state index in [0.717, 1.165) is 11.9 Å². The Morgan fingerprint density at radius 2 is 1.61 bits per heavy atom. The molecule has 1 aliphatic heterocycles. The predicted molar refractivity (Wildman–Crippen MR) is 139 cm³/mol. The van der Waals surface area contributed by atoms with Gasteiger partial charge in [0.15, 0.2) is 0 Å². The van der Waals surface area contributed by atoms with Crippen molar-refractivity contribution >= 4 is 25.0 Å². The van der Waals surface area contributed by atoms with Crippen molar-refractivity contribution in [2.24, 2.45) is 5.92 Å². The predicted octanol–water partition coefficient (Wildman–Crippen LogP) is 5.22. The molecular formula is C29H36O3Si. The van der Waals surface area contributed by atoms with E-state index in [4.69, 9.17) is 9.16 Å². The quantitative estimate of drug-likeness (QED) is 0.223. The first kappa shape index (κ1) is 25.1. The molecule has 0 unspecified atom stereocenters. The number of carbonyl (C=O) groups is 1. The average molecular weight is 461 g/mol. The van der Waals surface area contributed by atoms with Crippen LogP contribution in [0, 0.1) is 5.92 Å². The zero-order valence-corrected chi connectivity index (χ0v) is 21.2. The maximum absolute atomic E-state index is 11.4. The maximum atomic E-state index is 11.4. The molecule has 0 amide bonds. The molecule has 1 heterocycles. The number of allylic oxidation sites excluding steroid dienone is 2. The van der Waals surface area contributed by atoms with Crippen LogP contribution in [-0.2, 0) is 14.0 Å². The molecule has 0 aliphatic carbocycles. The van der Waals surface area contributed by atoms with E-state index in [1.165, 1.54) is 10.4 Å². The summed E-state index contributed by atoms with van der Waals surface area (Å²) in [5, 5.41) is 2.40. The summed E-state index contributed by atoms with van der Waals surface area (Å²) >= 11 is 0. The first-order valence-corrected chi connectivity index (χ1v) is 13.6. The van der Waals surface area contributed by atoms with Crippen molar-refractivity contribution in [3.63, 3.8) is 0 Å². The normalized spacial score (nSPS) is 21.6. The fourth-order valence-electron chi connectivity index (χ4n) is 4.82. The third-order valence-corrected chi connectivity index (χ3v) is 11.4. The smallest absolute Gasteiger partial charge is 0.261 e. The lowest BCUT2D eigenvalue weighted by molar-refractivity contribution is -0.112. The van der Waals surface area contributed by atoms with Gasteiger partial charge in [-0.1, -0.05) is 118 Å². The van der Waals surface area contributed by atoms with Crippen molar-refractivity contribution < 1.29 is 14.0 Å². The van der Waals surface area contributed by atoms with E-state index in [1.54, 1.807) is 6.08 Å². The summed E-state index contributed by atoms with van der Waals surface area (Å²) in [6.07, 6.45) is 8.90. The van der Waals surface area contributed by atoms with Crippen LogP contribution in [0.2, 0.25) is 5.04 Å². The molecule has 1 aliphatic rings. The summed E-state index contributed by atoms with van der Waals surface area (Å²) < 4.78 is 13.4. The third-order valence-electron chi connectivity index (χ3n) is 6.40. The zero-order valence-electron chi connectivity index (χ0n) is 20.2. The van der Waals surface area contributed by atoms with Gasteiger partial charge in [-0.15, -0.1) is 0 Å². The van der Waals surface area contributed by atoms with Gasteiger partial charge in [0.2, 0.25) is 0 Å². The van der Waals surface area contributed by atoms with Crippen LogP contribution < -0.4 is 10.4 Å². The molecule has 0 bridgehead atoms. The van der Waals surface area contributed by atoms with Gasteiger partial charge in [-0.05, 0) is 22.3 Å². The van der Waals surface area contributed by atoms with E-state index in [-0.39, 0.29) is 23.2 Å². The summed E-state index contributed by atoms with van der Waals surface area (Å²) in [5.74, 6) is 0.0670. The van der Waals surface area contributed by atoms with Crippen molar-refractivity contribution in [3.8, 4) is 0 Å².